The highest BCUT2D eigenvalue weighted by Gasteiger charge is 2.13. The largest absolute Gasteiger partial charge is 0.486 e. The number of fused-ring (bicyclic) bond motifs is 1. The van der Waals surface area contributed by atoms with Crippen LogP contribution >= 0.6 is 0 Å². The number of rotatable bonds is 4. The maximum absolute atomic E-state index is 12.1. The summed E-state index contributed by atoms with van der Waals surface area (Å²) in [5.41, 5.74) is 2.58. The molecule has 22 heavy (non-hydrogen) atoms. The SMILES string of the molecule is Cc1c(C(=O)NCCc2ccc3c(c2)OCCO3)cnn1C. The lowest BCUT2D eigenvalue weighted by Gasteiger charge is -2.18. The molecule has 0 spiro atoms. The van der Waals surface area contributed by atoms with Crippen molar-refractivity contribution >= 4 is 5.91 Å². The maximum Gasteiger partial charge on any atom is 0.254 e. The quantitative estimate of drug-likeness (QED) is 0.929. The van der Waals surface area contributed by atoms with Crippen LogP contribution in [0.1, 0.15) is 21.6 Å². The molecule has 0 fully saturated rings. The van der Waals surface area contributed by atoms with Gasteiger partial charge in [0.1, 0.15) is 13.2 Å². The topological polar surface area (TPSA) is 65.4 Å². The van der Waals surface area contributed by atoms with Crippen LogP contribution in [0, 0.1) is 6.92 Å². The van der Waals surface area contributed by atoms with Crippen LogP contribution < -0.4 is 14.8 Å². The minimum atomic E-state index is -0.0943. The molecule has 1 aliphatic rings. The summed E-state index contributed by atoms with van der Waals surface area (Å²) in [5.74, 6) is 1.46. The van der Waals surface area contributed by atoms with Gasteiger partial charge in [-0.15, -0.1) is 0 Å². The number of hydrogen-bond donors (Lipinski definition) is 1. The Balaban J connectivity index is 1.57. The van der Waals surface area contributed by atoms with Gasteiger partial charge in [-0.3, -0.25) is 9.48 Å². The molecule has 0 saturated heterocycles. The van der Waals surface area contributed by atoms with Crippen molar-refractivity contribution in [3.8, 4) is 11.5 Å². The minimum Gasteiger partial charge on any atom is -0.486 e. The van der Waals surface area contributed by atoms with Crippen molar-refractivity contribution in [2.75, 3.05) is 19.8 Å². The number of benzene rings is 1. The van der Waals surface area contributed by atoms with E-state index in [4.69, 9.17) is 9.47 Å². The van der Waals surface area contributed by atoms with Gasteiger partial charge in [-0.05, 0) is 31.0 Å². The van der Waals surface area contributed by atoms with Gasteiger partial charge in [-0.2, -0.15) is 5.10 Å². The third kappa shape index (κ3) is 2.90. The number of ether oxygens (including phenoxy) is 2. The molecule has 2 heterocycles. The van der Waals surface area contributed by atoms with E-state index < -0.39 is 0 Å². The molecule has 0 radical (unpaired) electrons. The summed E-state index contributed by atoms with van der Waals surface area (Å²) >= 11 is 0. The monoisotopic (exact) mass is 301 g/mol. The van der Waals surface area contributed by atoms with E-state index in [0.717, 1.165) is 29.2 Å². The normalized spacial score (nSPS) is 13.0. The van der Waals surface area contributed by atoms with E-state index in [2.05, 4.69) is 10.4 Å². The van der Waals surface area contributed by atoms with Crippen LogP contribution in [0.4, 0.5) is 0 Å². The number of nitrogens with zero attached hydrogens (tertiary/aromatic N) is 2. The highest BCUT2D eigenvalue weighted by atomic mass is 16.6. The first-order valence-corrected chi connectivity index (χ1v) is 7.30. The Kier molecular flexibility index (Phi) is 4.00. The molecule has 0 aliphatic carbocycles. The fourth-order valence-electron chi connectivity index (χ4n) is 2.38. The van der Waals surface area contributed by atoms with Crippen LogP contribution in [0.5, 0.6) is 11.5 Å². The number of aryl methyl sites for hydroxylation is 1. The third-order valence-corrected chi connectivity index (χ3v) is 3.79. The van der Waals surface area contributed by atoms with Gasteiger partial charge in [0.25, 0.3) is 5.91 Å². The summed E-state index contributed by atoms with van der Waals surface area (Å²) in [6.07, 6.45) is 2.33. The lowest BCUT2D eigenvalue weighted by atomic mass is 10.1. The van der Waals surface area contributed by atoms with Crippen molar-refractivity contribution in [1.82, 2.24) is 15.1 Å². The zero-order valence-electron chi connectivity index (χ0n) is 12.8. The molecular formula is C16H19N3O3. The fraction of sp³-hybridized carbons (Fsp3) is 0.375. The number of amides is 1. The third-order valence-electron chi connectivity index (χ3n) is 3.79. The Morgan fingerprint density at radius 3 is 2.82 bits per heavy atom. The molecule has 1 aromatic heterocycles. The molecule has 1 N–H and O–H groups in total. The highest BCUT2D eigenvalue weighted by molar-refractivity contribution is 5.95. The number of aromatic nitrogens is 2. The zero-order valence-corrected chi connectivity index (χ0v) is 12.8. The summed E-state index contributed by atoms with van der Waals surface area (Å²) in [6.45, 7) is 3.61. The second kappa shape index (κ2) is 6.09. The summed E-state index contributed by atoms with van der Waals surface area (Å²) < 4.78 is 12.7. The summed E-state index contributed by atoms with van der Waals surface area (Å²) in [6, 6.07) is 5.88. The Morgan fingerprint density at radius 2 is 2.09 bits per heavy atom. The Morgan fingerprint density at radius 1 is 1.32 bits per heavy atom. The maximum atomic E-state index is 12.1. The number of carbonyl (C=O) groups is 1. The van der Waals surface area contributed by atoms with Gasteiger partial charge >= 0.3 is 0 Å². The van der Waals surface area contributed by atoms with Crippen molar-refractivity contribution in [3.63, 3.8) is 0 Å². The van der Waals surface area contributed by atoms with Gasteiger partial charge in [0.15, 0.2) is 11.5 Å². The van der Waals surface area contributed by atoms with Crippen molar-refractivity contribution < 1.29 is 14.3 Å². The molecule has 0 unspecified atom stereocenters. The minimum absolute atomic E-state index is 0.0943. The lowest BCUT2D eigenvalue weighted by molar-refractivity contribution is 0.0953. The molecule has 6 heteroatoms. The first-order chi connectivity index (χ1) is 10.6. The van der Waals surface area contributed by atoms with Crippen LogP contribution in [-0.4, -0.2) is 35.4 Å². The average Bonchev–Trinajstić information content (AvgIpc) is 2.87. The van der Waals surface area contributed by atoms with E-state index in [1.807, 2.05) is 32.2 Å². The Bertz CT molecular complexity index is 694. The molecule has 6 nitrogen and oxygen atoms in total. The van der Waals surface area contributed by atoms with E-state index in [1.165, 1.54) is 0 Å². The van der Waals surface area contributed by atoms with Crippen LogP contribution in [0.2, 0.25) is 0 Å². The average molecular weight is 301 g/mol. The zero-order chi connectivity index (χ0) is 15.5. The first kappa shape index (κ1) is 14.4. The number of hydrogen-bond acceptors (Lipinski definition) is 4. The van der Waals surface area contributed by atoms with E-state index in [-0.39, 0.29) is 5.91 Å². The molecule has 2 aromatic rings. The molecule has 0 atom stereocenters. The second-order valence-electron chi connectivity index (χ2n) is 5.25. The summed E-state index contributed by atoms with van der Waals surface area (Å²) in [4.78, 5) is 12.1. The number of carbonyl (C=O) groups excluding carboxylic acids is 1. The Hall–Kier alpha value is -2.50. The molecular weight excluding hydrogens is 282 g/mol. The molecule has 1 aromatic carbocycles. The van der Waals surface area contributed by atoms with E-state index >= 15 is 0 Å². The van der Waals surface area contributed by atoms with Crippen molar-refractivity contribution in [2.45, 2.75) is 13.3 Å². The predicted octanol–water partition coefficient (Wildman–Crippen LogP) is 1.47. The van der Waals surface area contributed by atoms with Crippen molar-refractivity contribution in [2.24, 2.45) is 7.05 Å². The van der Waals surface area contributed by atoms with Gasteiger partial charge in [0, 0.05) is 19.3 Å². The van der Waals surface area contributed by atoms with Crippen molar-refractivity contribution in [3.05, 3.63) is 41.2 Å². The van der Waals surface area contributed by atoms with Gasteiger partial charge in [-0.1, -0.05) is 6.07 Å². The standard InChI is InChI=1S/C16H19N3O3/c1-11-13(10-18-19(11)2)16(20)17-6-5-12-3-4-14-15(9-12)22-8-7-21-14/h3-4,9-10H,5-8H2,1-2H3,(H,17,20). The van der Waals surface area contributed by atoms with Crippen molar-refractivity contribution in [1.29, 1.82) is 0 Å². The van der Waals surface area contributed by atoms with Gasteiger partial charge in [-0.25, -0.2) is 0 Å². The molecule has 0 bridgehead atoms. The summed E-state index contributed by atoms with van der Waals surface area (Å²) in [5, 5.41) is 6.99. The van der Waals surface area contributed by atoms with Crippen LogP contribution in [-0.2, 0) is 13.5 Å². The van der Waals surface area contributed by atoms with Gasteiger partial charge in [0.05, 0.1) is 11.8 Å². The molecule has 0 saturated carbocycles. The van der Waals surface area contributed by atoms with Crippen LogP contribution in [0.15, 0.2) is 24.4 Å². The smallest absolute Gasteiger partial charge is 0.254 e. The highest BCUT2D eigenvalue weighted by Crippen LogP contribution is 2.30. The number of nitrogens with one attached hydrogen (secondary N) is 1. The molecule has 116 valence electrons. The Labute approximate surface area is 129 Å². The molecule has 1 amide bonds. The summed E-state index contributed by atoms with van der Waals surface area (Å²) in [7, 11) is 1.82. The lowest BCUT2D eigenvalue weighted by Crippen LogP contribution is -2.26. The molecule has 1 aliphatic heterocycles. The molecule has 3 rings (SSSR count). The van der Waals surface area contributed by atoms with E-state index in [0.29, 0.717) is 25.3 Å². The first-order valence-electron chi connectivity index (χ1n) is 7.30. The predicted molar refractivity (Wildman–Crippen MR) is 81.4 cm³/mol. The van der Waals surface area contributed by atoms with Gasteiger partial charge < -0.3 is 14.8 Å². The second-order valence-corrected chi connectivity index (χ2v) is 5.25. The van der Waals surface area contributed by atoms with E-state index in [1.54, 1.807) is 10.9 Å². The van der Waals surface area contributed by atoms with Crippen LogP contribution in [0.25, 0.3) is 0 Å². The van der Waals surface area contributed by atoms with Crippen LogP contribution in [0.3, 0.4) is 0 Å². The van der Waals surface area contributed by atoms with Gasteiger partial charge in [0.2, 0.25) is 0 Å². The van der Waals surface area contributed by atoms with E-state index in [9.17, 15) is 4.79 Å². The fourth-order valence-corrected chi connectivity index (χ4v) is 2.38.